The van der Waals surface area contributed by atoms with Crippen molar-refractivity contribution in [3.8, 4) is 22.8 Å². The monoisotopic (exact) mass is 463 g/mol. The van der Waals surface area contributed by atoms with Crippen LogP contribution in [0.4, 0.5) is 0 Å². The lowest BCUT2D eigenvalue weighted by Crippen LogP contribution is -2.26. The number of rotatable bonds is 9. The maximum Gasteiger partial charge on any atom is 0.300 e. The zero-order valence-electron chi connectivity index (χ0n) is 18.6. The predicted octanol–water partition coefficient (Wildman–Crippen LogP) is 3.69. The van der Waals surface area contributed by atoms with Gasteiger partial charge in [-0.05, 0) is 30.2 Å². The molecule has 0 spiro atoms. The summed E-state index contributed by atoms with van der Waals surface area (Å²) in [4.78, 5) is 29.7. The standard InChI is InChI=1S/C25H25N3O4S/c1-3-4-5-9-14-32-19-13-12-17(15-20(19)31-2)16-21-24(30)28-25(33-21)26-23(29)22(27-28)18-10-7-6-8-11-18/h6-8,10-13,15-16H,3-5,9,14H2,1-2H3. The van der Waals surface area contributed by atoms with E-state index >= 15 is 0 Å². The van der Waals surface area contributed by atoms with E-state index in [1.807, 2.05) is 36.4 Å². The largest absolute Gasteiger partial charge is 0.493 e. The van der Waals surface area contributed by atoms with Gasteiger partial charge in [-0.25, -0.2) is 0 Å². The van der Waals surface area contributed by atoms with Crippen LogP contribution < -0.4 is 25.1 Å². The summed E-state index contributed by atoms with van der Waals surface area (Å²) in [5.41, 5.74) is 0.762. The number of nitrogens with zero attached hydrogens (tertiary/aromatic N) is 3. The zero-order valence-corrected chi connectivity index (χ0v) is 19.4. The molecule has 170 valence electrons. The number of hydrogen-bond donors (Lipinski definition) is 0. The van der Waals surface area contributed by atoms with E-state index in [-0.39, 0.29) is 16.2 Å². The Balaban J connectivity index is 1.65. The van der Waals surface area contributed by atoms with Crippen molar-refractivity contribution in [3.05, 3.63) is 79.3 Å². The van der Waals surface area contributed by atoms with Crippen molar-refractivity contribution in [1.82, 2.24) is 14.6 Å². The molecule has 0 aliphatic heterocycles. The number of methoxy groups -OCH3 is 1. The van der Waals surface area contributed by atoms with Crippen LogP contribution in [0.15, 0.2) is 58.1 Å². The van der Waals surface area contributed by atoms with Crippen molar-refractivity contribution in [2.75, 3.05) is 13.7 Å². The first-order valence-corrected chi connectivity index (χ1v) is 11.7. The van der Waals surface area contributed by atoms with Crippen molar-refractivity contribution in [3.63, 3.8) is 0 Å². The molecule has 0 radical (unpaired) electrons. The summed E-state index contributed by atoms with van der Waals surface area (Å²) in [6, 6.07) is 14.5. The Kier molecular flexibility index (Phi) is 7.14. The number of thiazole rings is 1. The van der Waals surface area contributed by atoms with Gasteiger partial charge in [-0.15, -0.1) is 0 Å². The molecule has 7 nitrogen and oxygen atoms in total. The lowest BCUT2D eigenvalue weighted by molar-refractivity contribution is 0.285. The van der Waals surface area contributed by atoms with Crippen molar-refractivity contribution >= 4 is 22.4 Å². The fourth-order valence-electron chi connectivity index (χ4n) is 3.44. The summed E-state index contributed by atoms with van der Waals surface area (Å²) in [6.45, 7) is 2.81. The normalized spacial score (nSPS) is 11.8. The van der Waals surface area contributed by atoms with Gasteiger partial charge >= 0.3 is 5.56 Å². The molecule has 33 heavy (non-hydrogen) atoms. The van der Waals surface area contributed by atoms with E-state index in [0.29, 0.717) is 28.2 Å². The van der Waals surface area contributed by atoms with Crippen molar-refractivity contribution in [2.24, 2.45) is 0 Å². The van der Waals surface area contributed by atoms with E-state index in [1.165, 1.54) is 17.4 Å². The van der Waals surface area contributed by atoms with Crippen LogP contribution in [0.1, 0.15) is 38.2 Å². The minimum atomic E-state index is -0.462. The smallest absolute Gasteiger partial charge is 0.300 e. The molecular weight excluding hydrogens is 438 g/mol. The zero-order chi connectivity index (χ0) is 23.2. The summed E-state index contributed by atoms with van der Waals surface area (Å²) in [7, 11) is 1.59. The molecule has 8 heteroatoms. The second-order valence-electron chi connectivity index (χ2n) is 7.56. The highest BCUT2D eigenvalue weighted by molar-refractivity contribution is 7.15. The third-order valence-corrected chi connectivity index (χ3v) is 6.13. The van der Waals surface area contributed by atoms with Gasteiger partial charge in [0.2, 0.25) is 4.96 Å². The van der Waals surface area contributed by atoms with E-state index in [4.69, 9.17) is 9.47 Å². The van der Waals surface area contributed by atoms with E-state index in [1.54, 1.807) is 25.3 Å². The molecule has 2 aromatic heterocycles. The molecule has 2 heterocycles. The minimum absolute atomic E-state index is 0.150. The topological polar surface area (TPSA) is 82.8 Å². The van der Waals surface area contributed by atoms with Crippen LogP contribution in [0.25, 0.3) is 22.3 Å². The maximum atomic E-state index is 13.0. The van der Waals surface area contributed by atoms with Crippen LogP contribution >= 0.6 is 11.3 Å². The third kappa shape index (κ3) is 5.12. The summed E-state index contributed by atoms with van der Waals surface area (Å²) < 4.78 is 13.0. The summed E-state index contributed by atoms with van der Waals surface area (Å²) in [6.07, 6.45) is 6.25. The SMILES string of the molecule is CCCCCCOc1ccc(C=c2sc3nc(=O)c(-c4ccccc4)nn3c2=O)cc1OC. The van der Waals surface area contributed by atoms with E-state index < -0.39 is 5.56 Å². The molecule has 0 fully saturated rings. The van der Waals surface area contributed by atoms with E-state index in [0.717, 1.165) is 29.7 Å². The quantitative estimate of drug-likeness (QED) is 0.352. The summed E-state index contributed by atoms with van der Waals surface area (Å²) >= 11 is 1.13. The molecule has 0 atom stereocenters. The molecule has 0 unspecified atom stereocenters. The fourth-order valence-corrected chi connectivity index (χ4v) is 4.35. The second-order valence-corrected chi connectivity index (χ2v) is 8.57. The van der Waals surface area contributed by atoms with Crippen LogP contribution in [0.2, 0.25) is 0 Å². The molecule has 4 rings (SSSR count). The van der Waals surface area contributed by atoms with Crippen molar-refractivity contribution in [2.45, 2.75) is 32.6 Å². The van der Waals surface area contributed by atoms with Crippen LogP contribution in [0, 0.1) is 0 Å². The number of hydrogen-bond acceptors (Lipinski definition) is 7. The number of ether oxygens (including phenoxy) is 2. The Bertz CT molecular complexity index is 1410. The molecule has 0 aliphatic carbocycles. The van der Waals surface area contributed by atoms with E-state index in [2.05, 4.69) is 17.0 Å². The summed E-state index contributed by atoms with van der Waals surface area (Å²) in [5, 5.41) is 4.28. The second kappa shape index (κ2) is 10.4. The molecule has 0 bridgehead atoms. The predicted molar refractivity (Wildman–Crippen MR) is 130 cm³/mol. The molecule has 0 aliphatic rings. The first-order valence-electron chi connectivity index (χ1n) is 10.9. The van der Waals surface area contributed by atoms with Gasteiger partial charge in [-0.3, -0.25) is 9.59 Å². The first kappa shape index (κ1) is 22.7. The fraction of sp³-hybridized carbons (Fsp3) is 0.280. The lowest BCUT2D eigenvalue weighted by atomic mass is 10.2. The van der Waals surface area contributed by atoms with Crippen molar-refractivity contribution < 1.29 is 9.47 Å². The molecule has 4 aromatic rings. The Morgan fingerprint density at radius 2 is 1.85 bits per heavy atom. The van der Waals surface area contributed by atoms with Gasteiger partial charge in [0.05, 0.1) is 18.2 Å². The Hall–Kier alpha value is -3.52. The van der Waals surface area contributed by atoms with E-state index in [9.17, 15) is 9.59 Å². The summed E-state index contributed by atoms with van der Waals surface area (Å²) in [5.74, 6) is 1.27. The molecular formula is C25H25N3O4S. The Morgan fingerprint density at radius 3 is 2.61 bits per heavy atom. The Morgan fingerprint density at radius 1 is 1.03 bits per heavy atom. The molecule has 0 saturated heterocycles. The van der Waals surface area contributed by atoms with Gasteiger partial charge in [-0.2, -0.15) is 14.6 Å². The van der Waals surface area contributed by atoms with Crippen LogP contribution in [0.3, 0.4) is 0 Å². The van der Waals surface area contributed by atoms with Gasteiger partial charge < -0.3 is 9.47 Å². The number of fused-ring (bicyclic) bond motifs is 1. The van der Waals surface area contributed by atoms with Gasteiger partial charge in [0, 0.05) is 5.56 Å². The average molecular weight is 464 g/mol. The highest BCUT2D eigenvalue weighted by Crippen LogP contribution is 2.28. The number of aromatic nitrogens is 3. The van der Waals surface area contributed by atoms with Crippen LogP contribution in [0.5, 0.6) is 11.5 Å². The Labute approximate surface area is 195 Å². The van der Waals surface area contributed by atoms with Gasteiger partial charge in [0.15, 0.2) is 17.2 Å². The van der Waals surface area contributed by atoms with Gasteiger partial charge in [0.25, 0.3) is 5.56 Å². The minimum Gasteiger partial charge on any atom is -0.493 e. The first-order chi connectivity index (χ1) is 16.1. The van der Waals surface area contributed by atoms with Crippen LogP contribution in [-0.4, -0.2) is 28.3 Å². The van der Waals surface area contributed by atoms with Gasteiger partial charge in [-0.1, -0.05) is 73.9 Å². The molecule has 0 N–H and O–H groups in total. The molecule has 0 amide bonds. The van der Waals surface area contributed by atoms with Crippen LogP contribution in [-0.2, 0) is 0 Å². The van der Waals surface area contributed by atoms with Crippen molar-refractivity contribution in [1.29, 1.82) is 0 Å². The third-order valence-electron chi connectivity index (χ3n) is 5.17. The molecule has 0 saturated carbocycles. The number of benzene rings is 2. The highest BCUT2D eigenvalue weighted by atomic mass is 32.1. The van der Waals surface area contributed by atoms with Gasteiger partial charge in [0.1, 0.15) is 0 Å². The average Bonchev–Trinajstić information content (AvgIpc) is 3.13. The lowest BCUT2D eigenvalue weighted by Gasteiger charge is -2.11. The maximum absolute atomic E-state index is 13.0. The number of unbranched alkanes of at least 4 members (excludes halogenated alkanes) is 3. The molecule has 2 aromatic carbocycles. The highest BCUT2D eigenvalue weighted by Gasteiger charge is 2.13.